The van der Waals surface area contributed by atoms with Gasteiger partial charge in [-0.05, 0) is 37.1 Å². The third kappa shape index (κ3) is 1.67. The van der Waals surface area contributed by atoms with Gasteiger partial charge in [0.1, 0.15) is 0 Å². The Labute approximate surface area is 108 Å². The number of nitrogens with one attached hydrogen (secondary N) is 1. The number of nitrogens with two attached hydrogens (primary N) is 1. The van der Waals surface area contributed by atoms with Crippen molar-refractivity contribution in [3.05, 3.63) is 53.3 Å². The zero-order chi connectivity index (χ0) is 12.7. The molecule has 1 saturated heterocycles. The van der Waals surface area contributed by atoms with Gasteiger partial charge >= 0.3 is 0 Å². The number of hydrogen-bond donors (Lipinski definition) is 2. The molecule has 2 unspecified atom stereocenters. The molecule has 2 atom stereocenters. The standard InChI is InChI=1S/C15H19N3/c1-10-5-3-7-14(11(10)2)18-15-8-4-6-13(16)12(15)9-17-18/h3-8,12-13,17H,9,16H2,1-2H3. The molecule has 3 rings (SSSR count). The summed E-state index contributed by atoms with van der Waals surface area (Å²) in [6, 6.07) is 6.52. The summed E-state index contributed by atoms with van der Waals surface area (Å²) in [6.07, 6.45) is 6.29. The molecule has 1 heterocycles. The van der Waals surface area contributed by atoms with Crippen LogP contribution in [0.1, 0.15) is 11.1 Å². The molecule has 0 bridgehead atoms. The Morgan fingerprint density at radius 3 is 3.00 bits per heavy atom. The normalized spacial score (nSPS) is 26.2. The van der Waals surface area contributed by atoms with Crippen LogP contribution in [0.5, 0.6) is 0 Å². The Balaban J connectivity index is 2.01. The average molecular weight is 241 g/mol. The summed E-state index contributed by atoms with van der Waals surface area (Å²) in [6.45, 7) is 5.22. The van der Waals surface area contributed by atoms with Crippen molar-refractivity contribution < 1.29 is 0 Å². The largest absolute Gasteiger partial charge is 0.324 e. The fourth-order valence-electron chi connectivity index (χ4n) is 2.70. The van der Waals surface area contributed by atoms with Crippen molar-refractivity contribution in [2.75, 3.05) is 11.6 Å². The van der Waals surface area contributed by atoms with Gasteiger partial charge in [0.05, 0.1) is 5.69 Å². The van der Waals surface area contributed by atoms with E-state index < -0.39 is 0 Å². The molecule has 3 heteroatoms. The van der Waals surface area contributed by atoms with Gasteiger partial charge in [0.15, 0.2) is 0 Å². The fourth-order valence-corrected chi connectivity index (χ4v) is 2.70. The molecule has 3 nitrogen and oxygen atoms in total. The van der Waals surface area contributed by atoms with Crippen molar-refractivity contribution in [3.8, 4) is 0 Å². The zero-order valence-electron chi connectivity index (χ0n) is 10.9. The van der Waals surface area contributed by atoms with E-state index in [0.717, 1.165) is 6.54 Å². The number of rotatable bonds is 1. The minimum absolute atomic E-state index is 0.118. The molecule has 18 heavy (non-hydrogen) atoms. The van der Waals surface area contributed by atoms with E-state index >= 15 is 0 Å². The van der Waals surface area contributed by atoms with Crippen molar-refractivity contribution >= 4 is 5.69 Å². The first kappa shape index (κ1) is 11.5. The fraction of sp³-hybridized carbons (Fsp3) is 0.333. The van der Waals surface area contributed by atoms with Crippen LogP contribution in [-0.2, 0) is 0 Å². The van der Waals surface area contributed by atoms with Gasteiger partial charge in [-0.1, -0.05) is 24.3 Å². The second kappa shape index (κ2) is 4.26. The SMILES string of the molecule is Cc1cccc(N2NCC3C2=CC=CC3N)c1C. The minimum Gasteiger partial charge on any atom is -0.324 e. The maximum atomic E-state index is 6.13. The summed E-state index contributed by atoms with van der Waals surface area (Å²) < 4.78 is 0. The lowest BCUT2D eigenvalue weighted by atomic mass is 9.93. The maximum Gasteiger partial charge on any atom is 0.0605 e. The van der Waals surface area contributed by atoms with Gasteiger partial charge in [-0.3, -0.25) is 5.01 Å². The third-order valence-corrected chi connectivity index (χ3v) is 3.99. The van der Waals surface area contributed by atoms with Gasteiger partial charge in [-0.15, -0.1) is 0 Å². The lowest BCUT2D eigenvalue weighted by molar-refractivity contribution is 0.576. The van der Waals surface area contributed by atoms with Gasteiger partial charge in [0, 0.05) is 24.2 Å². The summed E-state index contributed by atoms with van der Waals surface area (Å²) in [5.41, 5.74) is 14.7. The molecule has 1 aliphatic carbocycles. The summed E-state index contributed by atoms with van der Waals surface area (Å²) in [5.74, 6) is 0.384. The molecule has 1 aromatic rings. The van der Waals surface area contributed by atoms with Crippen LogP contribution < -0.4 is 16.2 Å². The van der Waals surface area contributed by atoms with Crippen LogP contribution in [0.15, 0.2) is 42.1 Å². The molecule has 0 amide bonds. The lowest BCUT2D eigenvalue weighted by Gasteiger charge is -2.26. The Hall–Kier alpha value is -1.58. The Morgan fingerprint density at radius 2 is 2.17 bits per heavy atom. The highest BCUT2D eigenvalue weighted by Gasteiger charge is 2.33. The van der Waals surface area contributed by atoms with E-state index in [0.29, 0.717) is 5.92 Å². The second-order valence-corrected chi connectivity index (χ2v) is 5.08. The highest BCUT2D eigenvalue weighted by atomic mass is 15.5. The first-order valence-corrected chi connectivity index (χ1v) is 6.42. The quantitative estimate of drug-likeness (QED) is 0.790. The van der Waals surface area contributed by atoms with Crippen LogP contribution in [0.3, 0.4) is 0 Å². The van der Waals surface area contributed by atoms with E-state index in [4.69, 9.17) is 5.73 Å². The predicted molar refractivity (Wildman–Crippen MR) is 75.1 cm³/mol. The number of anilines is 1. The molecule has 2 aliphatic rings. The molecule has 1 fully saturated rings. The molecular weight excluding hydrogens is 222 g/mol. The van der Waals surface area contributed by atoms with Crippen molar-refractivity contribution in [2.45, 2.75) is 19.9 Å². The van der Waals surface area contributed by atoms with Gasteiger partial charge < -0.3 is 5.73 Å². The molecule has 94 valence electrons. The Morgan fingerprint density at radius 1 is 1.33 bits per heavy atom. The second-order valence-electron chi connectivity index (χ2n) is 5.08. The van der Waals surface area contributed by atoms with Crippen molar-refractivity contribution in [1.29, 1.82) is 0 Å². The number of aryl methyl sites for hydroxylation is 1. The maximum absolute atomic E-state index is 6.13. The van der Waals surface area contributed by atoms with Gasteiger partial charge in [0.25, 0.3) is 0 Å². The first-order valence-electron chi connectivity index (χ1n) is 6.42. The van der Waals surface area contributed by atoms with Crippen LogP contribution in [-0.4, -0.2) is 12.6 Å². The number of hydrazine groups is 1. The van der Waals surface area contributed by atoms with Crippen LogP contribution in [0.4, 0.5) is 5.69 Å². The number of hydrogen-bond acceptors (Lipinski definition) is 3. The molecule has 0 saturated carbocycles. The third-order valence-electron chi connectivity index (χ3n) is 3.99. The Kier molecular flexibility index (Phi) is 2.73. The molecule has 0 spiro atoms. The Bertz CT molecular complexity index is 531. The predicted octanol–water partition coefficient (Wildman–Crippen LogP) is 2.03. The molecule has 1 aliphatic heterocycles. The van der Waals surface area contributed by atoms with Crippen LogP contribution in [0, 0.1) is 19.8 Å². The smallest absolute Gasteiger partial charge is 0.0605 e. The molecular formula is C15H19N3. The van der Waals surface area contributed by atoms with Crippen molar-refractivity contribution in [2.24, 2.45) is 11.7 Å². The zero-order valence-corrected chi connectivity index (χ0v) is 10.9. The number of benzene rings is 1. The number of fused-ring (bicyclic) bond motifs is 1. The van der Waals surface area contributed by atoms with E-state index in [1.54, 1.807) is 0 Å². The molecule has 1 aromatic carbocycles. The minimum atomic E-state index is 0.118. The molecule has 0 aromatic heterocycles. The van der Waals surface area contributed by atoms with E-state index in [-0.39, 0.29) is 6.04 Å². The van der Waals surface area contributed by atoms with E-state index in [1.807, 2.05) is 0 Å². The van der Waals surface area contributed by atoms with E-state index in [2.05, 4.69) is 60.7 Å². The van der Waals surface area contributed by atoms with E-state index in [1.165, 1.54) is 22.5 Å². The summed E-state index contributed by atoms with van der Waals surface area (Å²) in [7, 11) is 0. The van der Waals surface area contributed by atoms with Crippen LogP contribution >= 0.6 is 0 Å². The van der Waals surface area contributed by atoms with Crippen molar-refractivity contribution in [1.82, 2.24) is 5.43 Å². The van der Waals surface area contributed by atoms with E-state index in [9.17, 15) is 0 Å². The summed E-state index contributed by atoms with van der Waals surface area (Å²) in [4.78, 5) is 0. The lowest BCUT2D eigenvalue weighted by Crippen LogP contribution is -2.32. The summed E-state index contributed by atoms with van der Waals surface area (Å²) in [5, 5.41) is 2.19. The first-order chi connectivity index (χ1) is 8.68. The van der Waals surface area contributed by atoms with Crippen LogP contribution in [0.2, 0.25) is 0 Å². The van der Waals surface area contributed by atoms with Crippen molar-refractivity contribution in [3.63, 3.8) is 0 Å². The monoisotopic (exact) mass is 241 g/mol. The van der Waals surface area contributed by atoms with Gasteiger partial charge in [-0.2, -0.15) is 0 Å². The topological polar surface area (TPSA) is 41.3 Å². The highest BCUT2D eigenvalue weighted by Crippen LogP contribution is 2.33. The van der Waals surface area contributed by atoms with Gasteiger partial charge in [0.2, 0.25) is 0 Å². The number of allylic oxidation sites excluding steroid dienone is 2. The summed E-state index contributed by atoms with van der Waals surface area (Å²) >= 11 is 0. The van der Waals surface area contributed by atoms with Crippen LogP contribution in [0.25, 0.3) is 0 Å². The van der Waals surface area contributed by atoms with Gasteiger partial charge in [-0.25, -0.2) is 5.43 Å². The average Bonchev–Trinajstić information content (AvgIpc) is 2.78. The molecule has 0 radical (unpaired) electrons. The number of nitrogens with zero attached hydrogens (tertiary/aromatic N) is 1. The molecule has 3 N–H and O–H groups in total. The highest BCUT2D eigenvalue weighted by molar-refractivity contribution is 5.61.